The summed E-state index contributed by atoms with van der Waals surface area (Å²) < 4.78 is 0.979. The predicted octanol–water partition coefficient (Wildman–Crippen LogP) is 2.38. The van der Waals surface area contributed by atoms with E-state index in [9.17, 15) is 4.79 Å². The van der Waals surface area contributed by atoms with Gasteiger partial charge in [-0.1, -0.05) is 15.9 Å². The first-order valence-corrected chi connectivity index (χ1v) is 5.84. The van der Waals surface area contributed by atoms with Gasteiger partial charge in [0.25, 0.3) is 0 Å². The second kappa shape index (κ2) is 4.33. The Balaban J connectivity index is 2.38. The van der Waals surface area contributed by atoms with Crippen LogP contribution in [0.1, 0.15) is 5.56 Å². The van der Waals surface area contributed by atoms with E-state index < -0.39 is 6.09 Å². The molecule has 0 atom stereocenters. The van der Waals surface area contributed by atoms with E-state index in [1.807, 2.05) is 25.2 Å². The highest BCUT2D eigenvalue weighted by Crippen LogP contribution is 2.27. The molecule has 5 heteroatoms. The summed E-state index contributed by atoms with van der Waals surface area (Å²) >= 11 is 3.41. The lowest BCUT2D eigenvalue weighted by Crippen LogP contribution is -2.33. The van der Waals surface area contributed by atoms with Gasteiger partial charge in [0.15, 0.2) is 0 Å². The fourth-order valence-electron chi connectivity index (χ4n) is 1.89. The Morgan fingerprint density at radius 2 is 2.19 bits per heavy atom. The van der Waals surface area contributed by atoms with Crippen molar-refractivity contribution in [2.24, 2.45) is 0 Å². The molecule has 0 aromatic heterocycles. The number of nitrogens with zero attached hydrogens (tertiary/aromatic N) is 2. The average Bonchev–Trinajstić information content (AvgIpc) is 2.38. The zero-order valence-electron chi connectivity index (χ0n) is 8.98. The average molecular weight is 285 g/mol. The molecule has 0 radical (unpaired) electrons. The van der Waals surface area contributed by atoms with Crippen LogP contribution in [-0.2, 0) is 6.54 Å². The lowest BCUT2D eigenvalue weighted by atomic mass is 10.1. The van der Waals surface area contributed by atoms with Crippen molar-refractivity contribution in [3.8, 4) is 0 Å². The zero-order chi connectivity index (χ0) is 11.7. The topological polar surface area (TPSA) is 43.8 Å². The predicted molar refractivity (Wildman–Crippen MR) is 65.8 cm³/mol. The second-order valence-corrected chi connectivity index (χ2v) is 4.81. The summed E-state index contributed by atoms with van der Waals surface area (Å²) in [6.07, 6.45) is -0.860. The minimum absolute atomic E-state index is 0.453. The van der Waals surface area contributed by atoms with Crippen LogP contribution >= 0.6 is 15.9 Å². The number of hydrogen-bond acceptors (Lipinski definition) is 2. The third kappa shape index (κ3) is 2.14. The van der Waals surface area contributed by atoms with Gasteiger partial charge in [-0.2, -0.15) is 0 Å². The number of halogens is 1. The van der Waals surface area contributed by atoms with Gasteiger partial charge in [0.1, 0.15) is 0 Å². The van der Waals surface area contributed by atoms with Crippen LogP contribution in [0.2, 0.25) is 0 Å². The minimum Gasteiger partial charge on any atom is -0.465 e. The van der Waals surface area contributed by atoms with Crippen LogP contribution in [0.15, 0.2) is 22.7 Å². The normalized spacial score (nSPS) is 15.6. The molecule has 1 amide bonds. The Bertz CT molecular complexity index is 422. The Kier molecular flexibility index (Phi) is 3.05. The number of benzene rings is 1. The molecule has 16 heavy (non-hydrogen) atoms. The van der Waals surface area contributed by atoms with Crippen molar-refractivity contribution in [1.29, 1.82) is 0 Å². The monoisotopic (exact) mass is 284 g/mol. The van der Waals surface area contributed by atoms with Crippen LogP contribution in [0.5, 0.6) is 0 Å². The summed E-state index contributed by atoms with van der Waals surface area (Å²) in [6.45, 7) is 1.72. The molecular formula is C11H13BrN2O2. The first kappa shape index (κ1) is 11.3. The van der Waals surface area contributed by atoms with E-state index >= 15 is 0 Å². The molecule has 1 aromatic carbocycles. The van der Waals surface area contributed by atoms with E-state index in [-0.39, 0.29) is 0 Å². The van der Waals surface area contributed by atoms with E-state index in [0.29, 0.717) is 13.1 Å². The molecule has 0 fully saturated rings. The van der Waals surface area contributed by atoms with Gasteiger partial charge in [-0.15, -0.1) is 0 Å². The molecular weight excluding hydrogens is 272 g/mol. The number of hydrogen-bond donors (Lipinski definition) is 1. The quantitative estimate of drug-likeness (QED) is 0.796. The molecule has 1 heterocycles. The maximum absolute atomic E-state index is 11.0. The lowest BCUT2D eigenvalue weighted by Gasteiger charge is -2.18. The van der Waals surface area contributed by atoms with E-state index in [1.54, 1.807) is 0 Å². The molecule has 1 aliphatic rings. The van der Waals surface area contributed by atoms with Gasteiger partial charge in [-0.3, -0.25) is 0 Å². The number of carbonyl (C=O) groups is 1. The molecule has 1 N–H and O–H groups in total. The summed E-state index contributed by atoms with van der Waals surface area (Å²) in [5.74, 6) is 0. The van der Waals surface area contributed by atoms with E-state index in [2.05, 4.69) is 20.8 Å². The van der Waals surface area contributed by atoms with Crippen molar-refractivity contribution < 1.29 is 9.90 Å². The molecule has 0 saturated heterocycles. The van der Waals surface area contributed by atoms with Gasteiger partial charge in [-0.05, 0) is 23.8 Å². The highest BCUT2D eigenvalue weighted by Gasteiger charge is 2.20. The van der Waals surface area contributed by atoms with Crippen LogP contribution in [-0.4, -0.2) is 36.2 Å². The summed E-state index contributed by atoms with van der Waals surface area (Å²) in [5.41, 5.74) is 2.14. The van der Waals surface area contributed by atoms with Crippen molar-refractivity contribution in [1.82, 2.24) is 4.90 Å². The second-order valence-electron chi connectivity index (χ2n) is 3.90. The largest absolute Gasteiger partial charge is 0.465 e. The Labute approximate surface area is 103 Å². The van der Waals surface area contributed by atoms with E-state index in [1.165, 1.54) is 4.90 Å². The van der Waals surface area contributed by atoms with Crippen LogP contribution in [0, 0.1) is 0 Å². The van der Waals surface area contributed by atoms with Crippen LogP contribution in [0.4, 0.5) is 10.5 Å². The summed E-state index contributed by atoms with van der Waals surface area (Å²) in [4.78, 5) is 14.5. The molecule has 0 spiro atoms. The third-order valence-electron chi connectivity index (χ3n) is 2.79. The minimum atomic E-state index is -0.860. The number of carboxylic acid groups (broad SMARTS) is 1. The van der Waals surface area contributed by atoms with Crippen molar-refractivity contribution in [3.05, 3.63) is 28.2 Å². The summed E-state index contributed by atoms with van der Waals surface area (Å²) in [5, 5.41) is 9.04. The number of rotatable bonds is 0. The molecule has 1 aliphatic heterocycles. The van der Waals surface area contributed by atoms with Gasteiger partial charge in [0.05, 0.1) is 6.54 Å². The van der Waals surface area contributed by atoms with Gasteiger partial charge < -0.3 is 14.9 Å². The van der Waals surface area contributed by atoms with Crippen molar-refractivity contribution in [2.45, 2.75) is 6.54 Å². The molecule has 4 nitrogen and oxygen atoms in total. The maximum atomic E-state index is 11.0. The summed E-state index contributed by atoms with van der Waals surface area (Å²) in [6, 6.07) is 5.98. The number of amides is 1. The third-order valence-corrected chi connectivity index (χ3v) is 3.28. The molecule has 0 aliphatic carbocycles. The Morgan fingerprint density at radius 1 is 1.44 bits per heavy atom. The van der Waals surface area contributed by atoms with E-state index in [0.717, 1.165) is 22.3 Å². The number of likely N-dealkylation sites (N-methyl/N-ethyl adjacent to an activating group) is 1. The van der Waals surface area contributed by atoms with Crippen molar-refractivity contribution in [2.75, 3.05) is 25.0 Å². The molecule has 0 bridgehead atoms. The van der Waals surface area contributed by atoms with Gasteiger partial charge in [-0.25, -0.2) is 4.79 Å². The molecule has 1 aromatic rings. The molecule has 86 valence electrons. The summed E-state index contributed by atoms with van der Waals surface area (Å²) in [7, 11) is 1.98. The van der Waals surface area contributed by atoms with Gasteiger partial charge in [0, 0.05) is 30.3 Å². The van der Waals surface area contributed by atoms with Crippen LogP contribution in [0.3, 0.4) is 0 Å². The first-order chi connectivity index (χ1) is 7.58. The SMILES string of the molecule is CN1CCN(C(=O)O)Cc2cc(Br)ccc21. The maximum Gasteiger partial charge on any atom is 0.407 e. The fourth-order valence-corrected chi connectivity index (χ4v) is 2.30. The standard InChI is InChI=1S/C11H13BrN2O2/c1-13-4-5-14(11(15)16)7-8-6-9(12)2-3-10(8)13/h2-3,6H,4-5,7H2,1H3,(H,15,16). The molecule has 0 unspecified atom stereocenters. The zero-order valence-corrected chi connectivity index (χ0v) is 10.6. The smallest absolute Gasteiger partial charge is 0.407 e. The number of anilines is 1. The highest BCUT2D eigenvalue weighted by atomic mass is 79.9. The molecule has 2 rings (SSSR count). The Morgan fingerprint density at radius 3 is 2.88 bits per heavy atom. The molecule has 0 saturated carbocycles. The Hall–Kier alpha value is -1.23. The number of fused-ring (bicyclic) bond motifs is 1. The van der Waals surface area contributed by atoms with E-state index in [4.69, 9.17) is 5.11 Å². The van der Waals surface area contributed by atoms with Crippen LogP contribution in [0.25, 0.3) is 0 Å². The van der Waals surface area contributed by atoms with Gasteiger partial charge >= 0.3 is 6.09 Å². The van der Waals surface area contributed by atoms with Crippen molar-refractivity contribution >= 4 is 27.7 Å². The van der Waals surface area contributed by atoms with Gasteiger partial charge in [0.2, 0.25) is 0 Å². The highest BCUT2D eigenvalue weighted by molar-refractivity contribution is 9.10. The fraction of sp³-hybridized carbons (Fsp3) is 0.364. The first-order valence-electron chi connectivity index (χ1n) is 5.05. The van der Waals surface area contributed by atoms with Crippen LogP contribution < -0.4 is 4.90 Å². The van der Waals surface area contributed by atoms with Crippen molar-refractivity contribution in [3.63, 3.8) is 0 Å². The lowest BCUT2D eigenvalue weighted by molar-refractivity contribution is 0.144.